The fourth-order valence-electron chi connectivity index (χ4n) is 2.12. The molecule has 2 aromatic rings. The van der Waals surface area contributed by atoms with Gasteiger partial charge in [-0.25, -0.2) is 0 Å². The number of amides is 2. The minimum atomic E-state index is -0.718. The topological polar surface area (TPSA) is 67.4 Å². The molecule has 2 amide bonds. The van der Waals surface area contributed by atoms with E-state index in [2.05, 4.69) is 10.6 Å². The van der Waals surface area contributed by atoms with Crippen molar-refractivity contribution in [3.63, 3.8) is 0 Å². The molecule has 0 fully saturated rings. The van der Waals surface area contributed by atoms with Crippen LogP contribution in [0.25, 0.3) is 0 Å². The van der Waals surface area contributed by atoms with Gasteiger partial charge < -0.3 is 15.4 Å². The maximum Gasteiger partial charge on any atom is 0.265 e. The average Bonchev–Trinajstić information content (AvgIpc) is 2.63. The predicted molar refractivity (Wildman–Crippen MR) is 105 cm³/mol. The molecular weight excluding hydrogens is 375 g/mol. The van der Waals surface area contributed by atoms with Gasteiger partial charge in [0, 0.05) is 23.7 Å². The first-order valence-electron chi connectivity index (χ1n) is 8.17. The Morgan fingerprint density at radius 2 is 1.65 bits per heavy atom. The van der Waals surface area contributed by atoms with E-state index in [4.69, 9.17) is 27.9 Å². The van der Waals surface area contributed by atoms with Crippen LogP contribution in [0.1, 0.15) is 19.8 Å². The average molecular weight is 395 g/mol. The number of carbonyl (C=O) groups excluding carboxylic acids is 2. The van der Waals surface area contributed by atoms with Gasteiger partial charge in [0.15, 0.2) is 6.10 Å². The Bertz CT molecular complexity index is 751. The van der Waals surface area contributed by atoms with Crippen molar-refractivity contribution in [1.82, 2.24) is 0 Å². The second kappa shape index (κ2) is 10.0. The Kier molecular flexibility index (Phi) is 7.75. The van der Waals surface area contributed by atoms with Crippen molar-refractivity contribution in [1.29, 1.82) is 0 Å². The van der Waals surface area contributed by atoms with Crippen molar-refractivity contribution in [3.8, 4) is 5.75 Å². The van der Waals surface area contributed by atoms with Gasteiger partial charge in [-0.15, -0.1) is 11.6 Å². The van der Waals surface area contributed by atoms with E-state index in [0.717, 1.165) is 0 Å². The number of hydrogen-bond donors (Lipinski definition) is 2. The van der Waals surface area contributed by atoms with Crippen LogP contribution >= 0.6 is 23.2 Å². The number of nitrogens with one attached hydrogen (secondary N) is 2. The summed E-state index contributed by atoms with van der Waals surface area (Å²) in [4.78, 5) is 23.9. The molecule has 0 radical (unpaired) electrons. The molecule has 0 aliphatic carbocycles. The van der Waals surface area contributed by atoms with Crippen molar-refractivity contribution in [2.24, 2.45) is 0 Å². The van der Waals surface area contributed by atoms with Gasteiger partial charge >= 0.3 is 0 Å². The molecule has 0 aliphatic heterocycles. The van der Waals surface area contributed by atoms with E-state index in [1.807, 2.05) is 0 Å². The summed E-state index contributed by atoms with van der Waals surface area (Å²) in [6.07, 6.45) is 0.286. The summed E-state index contributed by atoms with van der Waals surface area (Å²) in [7, 11) is 0. The van der Waals surface area contributed by atoms with E-state index < -0.39 is 6.10 Å². The van der Waals surface area contributed by atoms with Crippen LogP contribution in [0.2, 0.25) is 5.02 Å². The number of benzene rings is 2. The zero-order valence-electron chi connectivity index (χ0n) is 14.3. The van der Waals surface area contributed by atoms with Crippen LogP contribution in [-0.4, -0.2) is 23.8 Å². The molecule has 0 aromatic heterocycles. The van der Waals surface area contributed by atoms with Crippen LogP contribution in [0.5, 0.6) is 5.75 Å². The summed E-state index contributed by atoms with van der Waals surface area (Å²) in [5.41, 5.74) is 1.26. The second-order valence-corrected chi connectivity index (χ2v) is 6.38. The smallest absolute Gasteiger partial charge is 0.265 e. The maximum absolute atomic E-state index is 12.2. The lowest BCUT2D eigenvalue weighted by atomic mass is 10.2. The number of para-hydroxylation sites is 1. The van der Waals surface area contributed by atoms with Gasteiger partial charge in [0.25, 0.3) is 5.91 Å². The third-order valence-electron chi connectivity index (χ3n) is 3.48. The molecule has 0 saturated carbocycles. The van der Waals surface area contributed by atoms with E-state index in [0.29, 0.717) is 40.9 Å². The first-order chi connectivity index (χ1) is 12.5. The molecule has 0 aliphatic rings. The van der Waals surface area contributed by atoms with Crippen LogP contribution in [0.3, 0.4) is 0 Å². The molecule has 138 valence electrons. The van der Waals surface area contributed by atoms with Crippen LogP contribution in [0.4, 0.5) is 11.4 Å². The lowest BCUT2D eigenvalue weighted by Crippen LogP contribution is -2.30. The van der Waals surface area contributed by atoms with E-state index in [-0.39, 0.29) is 11.8 Å². The quantitative estimate of drug-likeness (QED) is 0.637. The van der Waals surface area contributed by atoms with Crippen LogP contribution in [0.15, 0.2) is 48.5 Å². The van der Waals surface area contributed by atoms with Crippen molar-refractivity contribution in [2.75, 3.05) is 16.5 Å². The molecule has 2 aromatic carbocycles. The number of rotatable bonds is 8. The summed E-state index contributed by atoms with van der Waals surface area (Å²) >= 11 is 11.6. The van der Waals surface area contributed by atoms with Gasteiger partial charge in [-0.2, -0.15) is 0 Å². The van der Waals surface area contributed by atoms with Crippen LogP contribution in [-0.2, 0) is 9.59 Å². The molecule has 0 bridgehead atoms. The molecule has 5 nitrogen and oxygen atoms in total. The Morgan fingerprint density at radius 1 is 1.04 bits per heavy atom. The molecule has 0 spiro atoms. The molecule has 1 unspecified atom stereocenters. The fraction of sp³-hybridized carbons (Fsp3) is 0.263. The molecule has 2 rings (SSSR count). The van der Waals surface area contributed by atoms with Gasteiger partial charge in [-0.3, -0.25) is 9.59 Å². The van der Waals surface area contributed by atoms with Gasteiger partial charge in [0.1, 0.15) is 5.75 Å². The number of halogens is 2. The molecule has 0 heterocycles. The van der Waals surface area contributed by atoms with E-state index in [1.165, 1.54) is 0 Å². The fourth-order valence-corrected chi connectivity index (χ4v) is 2.43. The normalized spacial score (nSPS) is 11.5. The Hall–Kier alpha value is -2.24. The van der Waals surface area contributed by atoms with Crippen molar-refractivity contribution < 1.29 is 14.3 Å². The minimum Gasteiger partial charge on any atom is -0.479 e. The first-order valence-corrected chi connectivity index (χ1v) is 9.09. The third kappa shape index (κ3) is 6.24. The monoisotopic (exact) mass is 394 g/mol. The summed E-state index contributed by atoms with van der Waals surface area (Å²) < 4.78 is 5.58. The standard InChI is InChI=1S/C19H20Cl2N2O3/c1-13(26-17-6-3-2-5-16(17)21)19(25)23-15-10-8-14(9-11-15)22-18(24)7-4-12-20/h2-3,5-6,8-11,13H,4,7,12H2,1H3,(H,22,24)(H,23,25). The zero-order valence-corrected chi connectivity index (χ0v) is 15.8. The Morgan fingerprint density at radius 3 is 2.27 bits per heavy atom. The summed E-state index contributed by atoms with van der Waals surface area (Å²) in [5.74, 6) is 0.507. The molecule has 1 atom stereocenters. The van der Waals surface area contributed by atoms with Gasteiger partial charge in [-0.1, -0.05) is 23.7 Å². The van der Waals surface area contributed by atoms with Crippen molar-refractivity contribution in [3.05, 3.63) is 53.6 Å². The molecular formula is C19H20Cl2N2O3. The van der Waals surface area contributed by atoms with Crippen LogP contribution < -0.4 is 15.4 Å². The highest BCUT2D eigenvalue weighted by Gasteiger charge is 2.16. The van der Waals surface area contributed by atoms with Gasteiger partial charge in [-0.05, 0) is 49.7 Å². The summed E-state index contributed by atoms with van der Waals surface area (Å²) in [6, 6.07) is 13.8. The van der Waals surface area contributed by atoms with Crippen molar-refractivity contribution in [2.45, 2.75) is 25.9 Å². The lowest BCUT2D eigenvalue weighted by Gasteiger charge is -2.15. The Labute approximate surface area is 162 Å². The predicted octanol–water partition coefficient (Wildman–Crippen LogP) is 4.70. The highest BCUT2D eigenvalue weighted by molar-refractivity contribution is 6.32. The largest absolute Gasteiger partial charge is 0.479 e. The van der Waals surface area contributed by atoms with Crippen LogP contribution in [0, 0.1) is 0 Å². The SMILES string of the molecule is CC(Oc1ccccc1Cl)C(=O)Nc1ccc(NC(=O)CCCCl)cc1. The molecule has 26 heavy (non-hydrogen) atoms. The highest BCUT2D eigenvalue weighted by atomic mass is 35.5. The minimum absolute atomic E-state index is 0.0933. The number of anilines is 2. The number of ether oxygens (including phenoxy) is 1. The zero-order chi connectivity index (χ0) is 18.9. The summed E-state index contributed by atoms with van der Waals surface area (Å²) in [6.45, 7) is 1.64. The van der Waals surface area contributed by atoms with E-state index >= 15 is 0 Å². The van der Waals surface area contributed by atoms with Crippen molar-refractivity contribution >= 4 is 46.4 Å². The lowest BCUT2D eigenvalue weighted by molar-refractivity contribution is -0.122. The second-order valence-electron chi connectivity index (χ2n) is 5.60. The number of carbonyl (C=O) groups is 2. The summed E-state index contributed by atoms with van der Waals surface area (Å²) in [5, 5.41) is 5.97. The first kappa shape index (κ1) is 20.1. The van der Waals surface area contributed by atoms with Gasteiger partial charge in [0.05, 0.1) is 5.02 Å². The van der Waals surface area contributed by atoms with E-state index in [1.54, 1.807) is 55.5 Å². The molecule has 2 N–H and O–H groups in total. The number of hydrogen-bond acceptors (Lipinski definition) is 3. The maximum atomic E-state index is 12.2. The number of alkyl halides is 1. The van der Waals surface area contributed by atoms with E-state index in [9.17, 15) is 9.59 Å². The van der Waals surface area contributed by atoms with Gasteiger partial charge in [0.2, 0.25) is 5.91 Å². The Balaban J connectivity index is 1.88. The molecule has 7 heteroatoms. The third-order valence-corrected chi connectivity index (χ3v) is 4.06. The molecule has 0 saturated heterocycles. The highest BCUT2D eigenvalue weighted by Crippen LogP contribution is 2.24.